The number of ether oxygens (including phenoxy) is 2. The number of aryl methyl sites for hydroxylation is 3. The summed E-state index contributed by atoms with van der Waals surface area (Å²) in [6.07, 6.45) is 4.61. The zero-order valence-electron chi connectivity index (χ0n) is 15.6. The van der Waals surface area contributed by atoms with Crippen LogP contribution in [0.1, 0.15) is 36.6 Å². The summed E-state index contributed by atoms with van der Waals surface area (Å²) in [5.74, 6) is 1.11. The molecule has 1 amide bonds. The van der Waals surface area contributed by atoms with Gasteiger partial charge in [-0.2, -0.15) is 0 Å². The second kappa shape index (κ2) is 10.8. The third kappa shape index (κ3) is 7.11. The van der Waals surface area contributed by atoms with Crippen LogP contribution in [0.15, 0.2) is 34.7 Å². The van der Waals surface area contributed by atoms with Gasteiger partial charge in [0.05, 0.1) is 25.9 Å². The summed E-state index contributed by atoms with van der Waals surface area (Å²) in [6.45, 7) is 2.19. The van der Waals surface area contributed by atoms with Crippen LogP contribution in [0, 0.1) is 0 Å². The highest BCUT2D eigenvalue weighted by Crippen LogP contribution is 2.10. The van der Waals surface area contributed by atoms with E-state index in [1.807, 2.05) is 6.07 Å². The van der Waals surface area contributed by atoms with Crippen LogP contribution in [0.4, 0.5) is 0 Å². The molecule has 1 aromatic heterocycles. The van der Waals surface area contributed by atoms with E-state index in [4.69, 9.17) is 13.9 Å². The van der Waals surface area contributed by atoms with Crippen LogP contribution in [-0.2, 0) is 33.5 Å². The maximum absolute atomic E-state index is 11.9. The first-order valence-electron chi connectivity index (χ1n) is 9.61. The van der Waals surface area contributed by atoms with E-state index < -0.39 is 0 Å². The lowest BCUT2D eigenvalue weighted by Gasteiger charge is -2.22. The Morgan fingerprint density at radius 3 is 2.59 bits per heavy atom. The first-order chi connectivity index (χ1) is 13.3. The minimum Gasteiger partial charge on any atom is -0.425 e. The predicted octanol–water partition coefficient (Wildman–Crippen LogP) is 2.10. The van der Waals surface area contributed by atoms with Crippen molar-refractivity contribution in [1.29, 1.82) is 0 Å². The molecule has 1 unspecified atom stereocenters. The molecule has 1 aliphatic rings. The molecular formula is C20H27N3O4. The van der Waals surface area contributed by atoms with Crippen LogP contribution in [0.25, 0.3) is 0 Å². The maximum atomic E-state index is 11.9. The molecule has 0 bridgehead atoms. The summed E-state index contributed by atoms with van der Waals surface area (Å²) in [5, 5.41) is 11.0. The molecule has 2 heterocycles. The maximum Gasteiger partial charge on any atom is 0.220 e. The van der Waals surface area contributed by atoms with Crippen LogP contribution in [0.2, 0.25) is 0 Å². The summed E-state index contributed by atoms with van der Waals surface area (Å²) in [7, 11) is 0. The fraction of sp³-hybridized carbons (Fsp3) is 0.550. The summed E-state index contributed by atoms with van der Waals surface area (Å²) in [5.41, 5.74) is 1.35. The molecule has 0 radical (unpaired) electrons. The molecule has 1 fully saturated rings. The molecule has 27 heavy (non-hydrogen) atoms. The van der Waals surface area contributed by atoms with Gasteiger partial charge in [-0.05, 0) is 24.8 Å². The average Bonchev–Trinajstić information content (AvgIpc) is 3.17. The molecule has 1 saturated heterocycles. The largest absolute Gasteiger partial charge is 0.425 e. The molecule has 1 aliphatic heterocycles. The normalized spacial score (nSPS) is 17.0. The van der Waals surface area contributed by atoms with Crippen molar-refractivity contribution >= 4 is 5.91 Å². The molecule has 0 aliphatic carbocycles. The lowest BCUT2D eigenvalue weighted by atomic mass is 10.1. The van der Waals surface area contributed by atoms with Crippen molar-refractivity contribution < 1.29 is 18.7 Å². The van der Waals surface area contributed by atoms with E-state index in [9.17, 15) is 4.79 Å². The molecule has 1 aromatic carbocycles. The molecule has 2 aromatic rings. The third-order valence-electron chi connectivity index (χ3n) is 4.44. The Bertz CT molecular complexity index is 684. The number of rotatable bonds is 10. The van der Waals surface area contributed by atoms with Crippen molar-refractivity contribution in [1.82, 2.24) is 15.5 Å². The number of carbonyl (C=O) groups is 1. The fourth-order valence-corrected chi connectivity index (χ4v) is 2.93. The number of amides is 1. The van der Waals surface area contributed by atoms with Gasteiger partial charge in [0.25, 0.3) is 0 Å². The van der Waals surface area contributed by atoms with Gasteiger partial charge in [-0.25, -0.2) is 0 Å². The van der Waals surface area contributed by atoms with Crippen molar-refractivity contribution in [2.24, 2.45) is 0 Å². The summed E-state index contributed by atoms with van der Waals surface area (Å²) >= 11 is 0. The van der Waals surface area contributed by atoms with Gasteiger partial charge in [0.2, 0.25) is 17.7 Å². The Balaban J connectivity index is 1.28. The SMILES string of the molecule is O=C(CCc1nnc(CCCCc2ccccc2)o1)NCC1COCCO1. The second-order valence-electron chi connectivity index (χ2n) is 6.65. The Labute approximate surface area is 159 Å². The van der Waals surface area contributed by atoms with Gasteiger partial charge in [-0.15, -0.1) is 10.2 Å². The van der Waals surface area contributed by atoms with Crippen molar-refractivity contribution in [3.05, 3.63) is 47.7 Å². The van der Waals surface area contributed by atoms with Gasteiger partial charge in [0, 0.05) is 25.8 Å². The van der Waals surface area contributed by atoms with E-state index in [0.717, 1.165) is 25.7 Å². The van der Waals surface area contributed by atoms with Crippen LogP contribution in [0.3, 0.4) is 0 Å². The number of nitrogens with zero attached hydrogens (tertiary/aromatic N) is 2. The number of unbranched alkanes of at least 4 members (excludes halogenated alkanes) is 1. The van der Waals surface area contributed by atoms with Gasteiger partial charge in [-0.3, -0.25) is 4.79 Å². The van der Waals surface area contributed by atoms with E-state index in [1.54, 1.807) is 0 Å². The molecule has 0 saturated carbocycles. The highest BCUT2D eigenvalue weighted by Gasteiger charge is 2.15. The van der Waals surface area contributed by atoms with Crippen molar-refractivity contribution in [2.45, 2.75) is 44.6 Å². The topological polar surface area (TPSA) is 86.5 Å². The molecule has 1 N–H and O–H groups in total. The molecule has 146 valence electrons. The second-order valence-corrected chi connectivity index (χ2v) is 6.65. The van der Waals surface area contributed by atoms with Gasteiger partial charge < -0.3 is 19.2 Å². The molecule has 7 nitrogen and oxygen atoms in total. The van der Waals surface area contributed by atoms with Gasteiger partial charge in [0.1, 0.15) is 0 Å². The highest BCUT2D eigenvalue weighted by molar-refractivity contribution is 5.76. The first kappa shape index (κ1) is 19.5. The van der Waals surface area contributed by atoms with E-state index in [-0.39, 0.29) is 12.0 Å². The smallest absolute Gasteiger partial charge is 0.220 e. The Hall–Kier alpha value is -2.25. The van der Waals surface area contributed by atoms with E-state index in [2.05, 4.69) is 39.8 Å². The molecule has 3 rings (SSSR count). The van der Waals surface area contributed by atoms with Gasteiger partial charge in [-0.1, -0.05) is 30.3 Å². The van der Waals surface area contributed by atoms with Crippen LogP contribution < -0.4 is 5.32 Å². The van der Waals surface area contributed by atoms with Crippen LogP contribution in [-0.4, -0.2) is 48.6 Å². The zero-order valence-corrected chi connectivity index (χ0v) is 15.6. The average molecular weight is 373 g/mol. The van der Waals surface area contributed by atoms with Crippen LogP contribution in [0.5, 0.6) is 0 Å². The van der Waals surface area contributed by atoms with E-state index in [1.165, 1.54) is 5.56 Å². The monoisotopic (exact) mass is 373 g/mol. The van der Waals surface area contributed by atoms with Gasteiger partial charge in [0.15, 0.2) is 0 Å². The van der Waals surface area contributed by atoms with E-state index >= 15 is 0 Å². The summed E-state index contributed by atoms with van der Waals surface area (Å²) in [4.78, 5) is 11.9. The zero-order chi connectivity index (χ0) is 18.7. The minimum atomic E-state index is -0.0615. The number of hydrogen-bond donors (Lipinski definition) is 1. The van der Waals surface area contributed by atoms with Gasteiger partial charge >= 0.3 is 0 Å². The first-order valence-corrected chi connectivity index (χ1v) is 9.61. The molecule has 1 atom stereocenters. The van der Waals surface area contributed by atoms with Crippen LogP contribution >= 0.6 is 0 Å². The molecular weight excluding hydrogens is 346 g/mol. The summed E-state index contributed by atoms with van der Waals surface area (Å²) < 4.78 is 16.4. The predicted molar refractivity (Wildman–Crippen MR) is 99.3 cm³/mol. The Morgan fingerprint density at radius 1 is 1.04 bits per heavy atom. The highest BCUT2D eigenvalue weighted by atomic mass is 16.6. The number of aromatic nitrogens is 2. The number of carbonyl (C=O) groups excluding carboxylic acids is 1. The number of hydrogen-bond acceptors (Lipinski definition) is 6. The molecule has 7 heteroatoms. The quantitative estimate of drug-likeness (QED) is 0.642. The Kier molecular flexibility index (Phi) is 7.80. The van der Waals surface area contributed by atoms with E-state index in [0.29, 0.717) is 51.0 Å². The van der Waals surface area contributed by atoms with Crippen molar-refractivity contribution in [2.75, 3.05) is 26.4 Å². The minimum absolute atomic E-state index is 0.0493. The Morgan fingerprint density at radius 2 is 1.81 bits per heavy atom. The van der Waals surface area contributed by atoms with Crippen molar-refractivity contribution in [3.8, 4) is 0 Å². The number of benzene rings is 1. The lowest BCUT2D eigenvalue weighted by molar-refractivity contribution is -0.124. The molecule has 0 spiro atoms. The number of nitrogens with one attached hydrogen (secondary N) is 1. The fourth-order valence-electron chi connectivity index (χ4n) is 2.93. The summed E-state index contributed by atoms with van der Waals surface area (Å²) in [6, 6.07) is 10.4. The lowest BCUT2D eigenvalue weighted by Crippen LogP contribution is -2.39. The standard InChI is InChI=1S/C20H27N3O4/c24-18(21-14-17-15-25-12-13-26-17)10-11-20-23-22-19(27-20)9-5-4-8-16-6-2-1-3-7-16/h1-3,6-7,17H,4-5,8-15H2,(H,21,24). The third-order valence-corrected chi connectivity index (χ3v) is 4.44. The van der Waals surface area contributed by atoms with Crippen molar-refractivity contribution in [3.63, 3.8) is 0 Å².